The van der Waals surface area contributed by atoms with Crippen LogP contribution in [0.4, 0.5) is 0 Å². The maximum absolute atomic E-state index is 13.8. The Kier molecular flexibility index (Phi) is 10.4. The van der Waals surface area contributed by atoms with Gasteiger partial charge in [0.2, 0.25) is 0 Å². The molecule has 0 aliphatic carbocycles. The number of esters is 2. The lowest BCUT2D eigenvalue weighted by Crippen LogP contribution is -2.15. The van der Waals surface area contributed by atoms with E-state index in [1.165, 1.54) is 6.07 Å². The molecule has 8 heteroatoms. The van der Waals surface area contributed by atoms with Crippen molar-refractivity contribution in [3.8, 4) is 23.0 Å². The Hall–Kier alpha value is -5.08. The molecule has 1 N–H and O–H groups in total. The van der Waals surface area contributed by atoms with Crippen LogP contribution in [0.15, 0.2) is 108 Å². The van der Waals surface area contributed by atoms with Crippen LogP contribution >= 0.6 is 15.9 Å². The van der Waals surface area contributed by atoms with E-state index in [9.17, 15) is 14.7 Å². The Bertz CT molecular complexity index is 1840. The summed E-state index contributed by atoms with van der Waals surface area (Å²) in [5, 5.41) is 11.0. The minimum absolute atomic E-state index is 0.0112. The first-order valence-corrected chi connectivity index (χ1v) is 15.4. The zero-order valence-electron chi connectivity index (χ0n) is 25.7. The minimum atomic E-state index is -0.714. The van der Waals surface area contributed by atoms with Crippen LogP contribution in [-0.4, -0.2) is 17.0 Å². The zero-order valence-corrected chi connectivity index (χ0v) is 27.3. The fourth-order valence-corrected chi connectivity index (χ4v) is 5.42. The molecule has 234 valence electrons. The van der Waals surface area contributed by atoms with Gasteiger partial charge in [0.25, 0.3) is 0 Å². The molecule has 0 heterocycles. The van der Waals surface area contributed by atoms with Gasteiger partial charge in [-0.25, -0.2) is 9.59 Å². The average Bonchev–Trinajstić information content (AvgIpc) is 3.07. The highest BCUT2D eigenvalue weighted by Gasteiger charge is 2.27. The van der Waals surface area contributed by atoms with E-state index in [0.717, 1.165) is 16.7 Å². The van der Waals surface area contributed by atoms with Crippen molar-refractivity contribution < 1.29 is 33.6 Å². The van der Waals surface area contributed by atoms with Gasteiger partial charge in [-0.05, 0) is 71.1 Å². The third-order valence-electron chi connectivity index (χ3n) is 7.42. The summed E-state index contributed by atoms with van der Waals surface area (Å²) in [7, 11) is 0. The first-order valence-electron chi connectivity index (χ1n) is 14.7. The second kappa shape index (κ2) is 14.8. The van der Waals surface area contributed by atoms with Crippen molar-refractivity contribution in [1.82, 2.24) is 0 Å². The number of hydrogen-bond donors (Lipinski definition) is 1. The molecule has 0 fully saturated rings. The molecule has 7 nitrogen and oxygen atoms in total. The number of rotatable bonds is 11. The van der Waals surface area contributed by atoms with Gasteiger partial charge in [0.1, 0.15) is 53.9 Å². The predicted molar refractivity (Wildman–Crippen MR) is 179 cm³/mol. The van der Waals surface area contributed by atoms with Gasteiger partial charge in [-0.1, -0.05) is 91.0 Å². The van der Waals surface area contributed by atoms with Crippen LogP contribution < -0.4 is 14.2 Å². The molecule has 0 bridgehead atoms. The second-order valence-corrected chi connectivity index (χ2v) is 11.6. The average molecular weight is 682 g/mol. The van der Waals surface area contributed by atoms with Gasteiger partial charge in [-0.3, -0.25) is 0 Å². The van der Waals surface area contributed by atoms with Crippen molar-refractivity contribution in [2.45, 2.75) is 40.6 Å². The highest BCUT2D eigenvalue weighted by Crippen LogP contribution is 2.40. The van der Waals surface area contributed by atoms with E-state index < -0.39 is 11.9 Å². The normalized spacial score (nSPS) is 10.7. The highest BCUT2D eigenvalue weighted by molar-refractivity contribution is 9.10. The first kappa shape index (κ1) is 32.3. The van der Waals surface area contributed by atoms with Crippen LogP contribution in [0, 0.1) is 20.8 Å². The Balaban J connectivity index is 1.42. The molecule has 5 rings (SSSR count). The molecule has 0 saturated heterocycles. The molecular weight excluding hydrogens is 648 g/mol. The van der Waals surface area contributed by atoms with Crippen LogP contribution in [0.5, 0.6) is 23.0 Å². The number of hydrogen-bond acceptors (Lipinski definition) is 7. The SMILES string of the molecule is Cc1cc(OC(=O)c2c(Br)cc(OCc3ccccc3)c(C)c2OCc2ccccc2)c(C)c(O)c1C(=O)OCc1ccccc1. The van der Waals surface area contributed by atoms with Crippen molar-refractivity contribution in [2.24, 2.45) is 0 Å². The summed E-state index contributed by atoms with van der Waals surface area (Å²) in [4.78, 5) is 26.8. The van der Waals surface area contributed by atoms with Gasteiger partial charge in [0.15, 0.2) is 0 Å². The first-order chi connectivity index (χ1) is 22.2. The molecule has 46 heavy (non-hydrogen) atoms. The number of carbonyl (C=O) groups is 2. The third kappa shape index (κ3) is 7.58. The number of ether oxygens (including phenoxy) is 4. The summed E-state index contributed by atoms with van der Waals surface area (Å²) in [6.45, 7) is 5.62. The molecule has 0 amide bonds. The lowest BCUT2D eigenvalue weighted by Gasteiger charge is -2.20. The van der Waals surface area contributed by atoms with E-state index in [-0.39, 0.29) is 41.4 Å². The van der Waals surface area contributed by atoms with Crippen molar-refractivity contribution in [1.29, 1.82) is 0 Å². The number of aryl methyl sites for hydroxylation is 1. The van der Waals surface area contributed by atoms with Crippen molar-refractivity contribution in [2.75, 3.05) is 0 Å². The van der Waals surface area contributed by atoms with E-state index in [4.69, 9.17) is 18.9 Å². The van der Waals surface area contributed by atoms with Crippen molar-refractivity contribution in [3.05, 3.63) is 152 Å². The van der Waals surface area contributed by atoms with Gasteiger partial charge in [0, 0.05) is 15.6 Å². The number of carbonyl (C=O) groups excluding carboxylic acids is 2. The number of halogens is 1. The smallest absolute Gasteiger partial charge is 0.348 e. The standard InChI is InChI=1S/C38H33BrO7/c1-24-19-32(25(2)35(40)33(24)37(41)45-23-29-17-11-6-12-18-29)46-38(42)34-30(39)20-31(43-21-27-13-7-4-8-14-27)26(3)36(34)44-22-28-15-9-5-10-16-28/h4-20,40H,21-23H2,1-3H3. The number of aromatic hydroxyl groups is 1. The molecule has 0 saturated carbocycles. The van der Waals surface area contributed by atoms with Gasteiger partial charge in [0.05, 0.1) is 0 Å². The summed E-state index contributed by atoms with van der Waals surface area (Å²) in [5.74, 6) is -0.775. The summed E-state index contributed by atoms with van der Waals surface area (Å²) >= 11 is 3.54. The molecule has 0 atom stereocenters. The largest absolute Gasteiger partial charge is 0.507 e. The molecule has 5 aromatic carbocycles. The van der Waals surface area contributed by atoms with Gasteiger partial charge < -0.3 is 24.1 Å². The molecule has 0 spiro atoms. The summed E-state index contributed by atoms with van der Waals surface area (Å²) in [6, 6.07) is 31.9. The fraction of sp³-hybridized carbons (Fsp3) is 0.158. The zero-order chi connectivity index (χ0) is 32.6. The Morgan fingerprint density at radius 3 is 1.72 bits per heavy atom. The van der Waals surface area contributed by atoms with Crippen molar-refractivity contribution in [3.63, 3.8) is 0 Å². The van der Waals surface area contributed by atoms with Crippen molar-refractivity contribution >= 4 is 27.9 Å². The molecule has 0 aliphatic rings. The van der Waals surface area contributed by atoms with Crippen LogP contribution in [0.1, 0.15) is 54.1 Å². The van der Waals surface area contributed by atoms with E-state index in [0.29, 0.717) is 33.7 Å². The van der Waals surface area contributed by atoms with Gasteiger partial charge in [-0.15, -0.1) is 0 Å². The maximum Gasteiger partial charge on any atom is 0.348 e. The fourth-order valence-electron chi connectivity index (χ4n) is 4.87. The van der Waals surface area contributed by atoms with Crippen LogP contribution in [0.2, 0.25) is 0 Å². The molecule has 0 unspecified atom stereocenters. The minimum Gasteiger partial charge on any atom is -0.507 e. The van der Waals surface area contributed by atoms with Crippen LogP contribution in [0.25, 0.3) is 0 Å². The summed E-state index contributed by atoms with van der Waals surface area (Å²) in [6.07, 6.45) is 0. The Labute approximate surface area is 276 Å². The van der Waals surface area contributed by atoms with E-state index in [1.807, 2.05) is 97.9 Å². The predicted octanol–water partition coefficient (Wildman–Crippen LogP) is 8.81. The second-order valence-electron chi connectivity index (χ2n) is 10.7. The number of phenols is 1. The van der Waals surface area contributed by atoms with E-state index in [2.05, 4.69) is 15.9 Å². The Morgan fingerprint density at radius 2 is 1.15 bits per heavy atom. The molecule has 0 aromatic heterocycles. The Morgan fingerprint density at radius 1 is 0.630 bits per heavy atom. The third-order valence-corrected chi connectivity index (χ3v) is 8.05. The quantitative estimate of drug-likeness (QED) is 0.110. The molecule has 5 aromatic rings. The van der Waals surface area contributed by atoms with Gasteiger partial charge in [-0.2, -0.15) is 0 Å². The molecular formula is C38H33BrO7. The summed E-state index contributed by atoms with van der Waals surface area (Å²) in [5.41, 5.74) is 4.12. The van der Waals surface area contributed by atoms with E-state index in [1.54, 1.807) is 19.9 Å². The van der Waals surface area contributed by atoms with Crippen LogP contribution in [-0.2, 0) is 24.6 Å². The van der Waals surface area contributed by atoms with Crippen LogP contribution in [0.3, 0.4) is 0 Å². The monoisotopic (exact) mass is 680 g/mol. The lowest BCUT2D eigenvalue weighted by molar-refractivity contribution is 0.0468. The highest BCUT2D eigenvalue weighted by atomic mass is 79.9. The number of benzene rings is 5. The van der Waals surface area contributed by atoms with E-state index >= 15 is 0 Å². The summed E-state index contributed by atoms with van der Waals surface area (Å²) < 4.78 is 24.1. The topological polar surface area (TPSA) is 91.3 Å². The maximum atomic E-state index is 13.8. The lowest BCUT2D eigenvalue weighted by atomic mass is 10.0. The molecule has 0 radical (unpaired) electrons. The molecule has 0 aliphatic heterocycles. The number of phenolic OH excluding ortho intramolecular Hbond substituents is 1. The van der Waals surface area contributed by atoms with Gasteiger partial charge >= 0.3 is 11.9 Å².